The lowest BCUT2D eigenvalue weighted by atomic mass is 10.3. The molecule has 11 heavy (non-hydrogen) atoms. The molecule has 1 radical (unpaired) electrons. The summed E-state index contributed by atoms with van der Waals surface area (Å²) in [5, 5.41) is 12.7. The maximum Gasteiger partial charge on any atom is 0.259 e. The van der Waals surface area contributed by atoms with Crippen LogP contribution in [0.25, 0.3) is 0 Å². The summed E-state index contributed by atoms with van der Waals surface area (Å²) in [7, 11) is 0. The number of rotatable bonds is 2. The normalized spacial score (nSPS) is 11.5. The van der Waals surface area contributed by atoms with Crippen molar-refractivity contribution in [2.75, 3.05) is 5.73 Å². The first-order valence-electron chi connectivity index (χ1n) is 2.59. The summed E-state index contributed by atoms with van der Waals surface area (Å²) in [5.74, 6) is 0. The largest absolute Gasteiger partial charge is 0.410 e. The summed E-state index contributed by atoms with van der Waals surface area (Å²) >= 11 is 1.16. The van der Waals surface area contributed by atoms with E-state index in [-0.39, 0.29) is 11.4 Å². The molecule has 0 aliphatic carbocycles. The van der Waals surface area contributed by atoms with Crippen LogP contribution in [0.3, 0.4) is 0 Å². The lowest BCUT2D eigenvalue weighted by Gasteiger charge is -1.84. The molecule has 0 aliphatic rings. The molecule has 1 aromatic heterocycles. The zero-order valence-corrected chi connectivity index (χ0v) is 6.13. The van der Waals surface area contributed by atoms with Crippen molar-refractivity contribution in [2.24, 2.45) is 5.16 Å². The van der Waals surface area contributed by atoms with Gasteiger partial charge >= 0.3 is 0 Å². The Bertz CT molecular complexity index is 294. The maximum absolute atomic E-state index is 10.1. The summed E-state index contributed by atoms with van der Waals surface area (Å²) in [6.45, 7) is 0. The van der Waals surface area contributed by atoms with Crippen LogP contribution in [-0.4, -0.2) is 22.2 Å². The van der Waals surface area contributed by atoms with Crippen LogP contribution in [0.5, 0.6) is 0 Å². The molecule has 6 heteroatoms. The number of carbonyl (C=O) groups excluding carboxylic acids is 1. The number of hydrogen-bond acceptors (Lipinski definition) is 6. The van der Waals surface area contributed by atoms with Gasteiger partial charge in [0.1, 0.15) is 5.69 Å². The first-order valence-corrected chi connectivity index (χ1v) is 3.47. The summed E-state index contributed by atoms with van der Waals surface area (Å²) in [6, 6.07) is 0. The third-order valence-electron chi connectivity index (χ3n) is 0.961. The minimum absolute atomic E-state index is 0.238. The van der Waals surface area contributed by atoms with E-state index in [4.69, 9.17) is 10.9 Å². The van der Waals surface area contributed by atoms with Crippen LogP contribution in [-0.2, 0) is 4.79 Å². The molecule has 0 unspecified atom stereocenters. The molecule has 0 fully saturated rings. The van der Waals surface area contributed by atoms with Gasteiger partial charge in [-0.3, -0.25) is 4.79 Å². The van der Waals surface area contributed by atoms with Crippen molar-refractivity contribution in [3.63, 3.8) is 0 Å². The average molecular weight is 170 g/mol. The van der Waals surface area contributed by atoms with Gasteiger partial charge in [0.2, 0.25) is 0 Å². The lowest BCUT2D eigenvalue weighted by Crippen LogP contribution is -2.02. The van der Waals surface area contributed by atoms with Gasteiger partial charge in [-0.25, -0.2) is 4.98 Å². The van der Waals surface area contributed by atoms with Crippen molar-refractivity contribution in [2.45, 2.75) is 0 Å². The number of thiazole rings is 1. The zero-order chi connectivity index (χ0) is 8.27. The molecule has 1 heterocycles. The number of aromatic nitrogens is 1. The van der Waals surface area contributed by atoms with E-state index in [0.29, 0.717) is 5.13 Å². The Morgan fingerprint density at radius 1 is 1.91 bits per heavy atom. The van der Waals surface area contributed by atoms with Gasteiger partial charge < -0.3 is 10.9 Å². The van der Waals surface area contributed by atoms with E-state index in [1.54, 1.807) is 0 Å². The number of oxime groups is 1. The van der Waals surface area contributed by atoms with Gasteiger partial charge in [0.25, 0.3) is 6.29 Å². The average Bonchev–Trinajstić information content (AvgIpc) is 2.39. The van der Waals surface area contributed by atoms with Crippen molar-refractivity contribution in [1.29, 1.82) is 0 Å². The Morgan fingerprint density at radius 3 is 3.00 bits per heavy atom. The van der Waals surface area contributed by atoms with Gasteiger partial charge in [0.15, 0.2) is 10.8 Å². The number of nitrogens with two attached hydrogens (primary N) is 1. The van der Waals surface area contributed by atoms with E-state index in [1.165, 1.54) is 11.7 Å². The van der Waals surface area contributed by atoms with E-state index in [0.717, 1.165) is 11.3 Å². The van der Waals surface area contributed by atoms with Crippen LogP contribution in [0.4, 0.5) is 5.13 Å². The Labute approximate surface area is 66.2 Å². The van der Waals surface area contributed by atoms with Gasteiger partial charge in [-0.2, -0.15) is 0 Å². The smallest absolute Gasteiger partial charge is 0.259 e. The Balaban J connectivity index is 3.00. The van der Waals surface area contributed by atoms with E-state index in [9.17, 15) is 4.79 Å². The quantitative estimate of drug-likeness (QED) is 0.372. The second-order valence-corrected chi connectivity index (χ2v) is 2.51. The van der Waals surface area contributed by atoms with Gasteiger partial charge in [-0.15, -0.1) is 11.3 Å². The van der Waals surface area contributed by atoms with Crippen molar-refractivity contribution in [3.8, 4) is 0 Å². The minimum Gasteiger partial charge on any atom is -0.410 e. The summed E-state index contributed by atoms with van der Waals surface area (Å²) < 4.78 is 0. The van der Waals surface area contributed by atoms with Crippen LogP contribution >= 0.6 is 11.3 Å². The summed E-state index contributed by atoms with van der Waals surface area (Å²) in [6.07, 6.45) is 1.42. The standard InChI is InChI=1S/C5H4N3O2S/c6-5-7-4(2-11-5)3(1-9)8-10/h2,10H,(H2,6,7)/b8-3-. The SMILES string of the molecule is Nc1nc(/C([C]=O)=N\O)cs1. The Hall–Kier alpha value is -1.43. The highest BCUT2D eigenvalue weighted by Gasteiger charge is 2.07. The Morgan fingerprint density at radius 2 is 2.64 bits per heavy atom. The van der Waals surface area contributed by atoms with Crippen LogP contribution in [0, 0.1) is 0 Å². The van der Waals surface area contributed by atoms with Crippen LogP contribution in [0.1, 0.15) is 5.69 Å². The fourth-order valence-corrected chi connectivity index (χ4v) is 1.07. The van der Waals surface area contributed by atoms with E-state index < -0.39 is 0 Å². The molecule has 0 saturated carbocycles. The molecule has 0 saturated heterocycles. The minimum atomic E-state index is -0.238. The maximum atomic E-state index is 10.1. The highest BCUT2D eigenvalue weighted by molar-refractivity contribution is 7.13. The van der Waals surface area contributed by atoms with E-state index >= 15 is 0 Å². The number of anilines is 1. The van der Waals surface area contributed by atoms with Gasteiger partial charge in [0.05, 0.1) is 0 Å². The fourth-order valence-electron chi connectivity index (χ4n) is 0.520. The van der Waals surface area contributed by atoms with Gasteiger partial charge in [0, 0.05) is 5.38 Å². The third kappa shape index (κ3) is 1.53. The molecular weight excluding hydrogens is 166 g/mol. The van der Waals surface area contributed by atoms with Gasteiger partial charge in [-0.05, 0) is 0 Å². The molecular formula is C5H4N3O2S. The topological polar surface area (TPSA) is 88.6 Å². The number of nitrogen functional groups attached to an aromatic ring is 1. The summed E-state index contributed by atoms with van der Waals surface area (Å²) in [5.41, 5.74) is 5.27. The van der Waals surface area contributed by atoms with Gasteiger partial charge in [-0.1, -0.05) is 5.16 Å². The fraction of sp³-hybridized carbons (Fsp3) is 0. The van der Waals surface area contributed by atoms with Crippen molar-refractivity contribution in [1.82, 2.24) is 4.98 Å². The van der Waals surface area contributed by atoms with Crippen molar-refractivity contribution in [3.05, 3.63) is 11.1 Å². The van der Waals surface area contributed by atoms with Crippen molar-refractivity contribution < 1.29 is 10.0 Å². The second kappa shape index (κ2) is 3.11. The molecule has 1 rings (SSSR count). The molecule has 0 amide bonds. The lowest BCUT2D eigenvalue weighted by molar-refractivity contribution is 0.320. The number of nitrogens with zero attached hydrogens (tertiary/aromatic N) is 2. The first kappa shape index (κ1) is 7.67. The predicted molar refractivity (Wildman–Crippen MR) is 40.5 cm³/mol. The molecule has 0 spiro atoms. The highest BCUT2D eigenvalue weighted by Crippen LogP contribution is 2.10. The predicted octanol–water partition coefficient (Wildman–Crippen LogP) is 0.0133. The van der Waals surface area contributed by atoms with Crippen LogP contribution < -0.4 is 5.73 Å². The molecule has 3 N–H and O–H groups in total. The zero-order valence-electron chi connectivity index (χ0n) is 5.31. The van der Waals surface area contributed by atoms with Crippen molar-refractivity contribution >= 4 is 28.5 Å². The Kier molecular flexibility index (Phi) is 2.17. The molecule has 0 atom stereocenters. The monoisotopic (exact) mass is 170 g/mol. The highest BCUT2D eigenvalue weighted by atomic mass is 32.1. The first-order chi connectivity index (χ1) is 5.27. The molecule has 0 bridgehead atoms. The second-order valence-electron chi connectivity index (χ2n) is 1.62. The van der Waals surface area contributed by atoms with Crippen LogP contribution in [0.2, 0.25) is 0 Å². The molecule has 57 valence electrons. The molecule has 0 aromatic carbocycles. The molecule has 0 aliphatic heterocycles. The van der Waals surface area contributed by atoms with E-state index in [1.807, 2.05) is 0 Å². The molecule has 5 nitrogen and oxygen atoms in total. The number of hydrogen-bond donors (Lipinski definition) is 2. The third-order valence-corrected chi connectivity index (χ3v) is 1.64. The van der Waals surface area contributed by atoms with E-state index in [2.05, 4.69) is 10.1 Å². The van der Waals surface area contributed by atoms with Crippen LogP contribution in [0.15, 0.2) is 10.5 Å². The molecule has 1 aromatic rings. The summed E-state index contributed by atoms with van der Waals surface area (Å²) in [4.78, 5) is 13.7.